The van der Waals surface area contributed by atoms with E-state index in [1.807, 2.05) is 32.0 Å². The van der Waals surface area contributed by atoms with Gasteiger partial charge in [0.05, 0.1) is 6.61 Å². The third-order valence-electron chi connectivity index (χ3n) is 2.97. The molecule has 18 heavy (non-hydrogen) atoms. The van der Waals surface area contributed by atoms with Crippen LogP contribution in [0, 0.1) is 0 Å². The Bertz CT molecular complexity index is 385. The van der Waals surface area contributed by atoms with E-state index in [1.54, 1.807) is 0 Å². The van der Waals surface area contributed by atoms with Crippen LogP contribution in [0.3, 0.4) is 0 Å². The fourth-order valence-electron chi connectivity index (χ4n) is 2.11. The molecule has 1 N–H and O–H groups in total. The molecule has 4 heteroatoms. The third-order valence-corrected chi connectivity index (χ3v) is 2.97. The number of aliphatic hydroxyl groups is 1. The van der Waals surface area contributed by atoms with Crippen molar-refractivity contribution in [1.29, 1.82) is 0 Å². The van der Waals surface area contributed by atoms with Crippen LogP contribution in [-0.2, 0) is 15.9 Å². The molecule has 0 amide bonds. The maximum Gasteiger partial charge on any atom is 0.187 e. The predicted octanol–water partition coefficient (Wildman–Crippen LogP) is 2.05. The Morgan fingerprint density at radius 1 is 1.28 bits per heavy atom. The van der Waals surface area contributed by atoms with Crippen LogP contribution in [0.15, 0.2) is 18.2 Å². The summed E-state index contributed by atoms with van der Waals surface area (Å²) in [5.74, 6) is 0.912. The van der Waals surface area contributed by atoms with Gasteiger partial charge >= 0.3 is 0 Å². The molecule has 1 atom stereocenters. The summed E-state index contributed by atoms with van der Waals surface area (Å²) in [4.78, 5) is 0. The van der Waals surface area contributed by atoms with Crippen molar-refractivity contribution >= 4 is 0 Å². The molecular weight excluding hydrogens is 232 g/mol. The summed E-state index contributed by atoms with van der Waals surface area (Å²) in [7, 11) is 0. The number of hydrogen-bond donors (Lipinski definition) is 1. The SMILES string of the molecule is CCOC(OCC)C(O)c1ccc2c(c1)CCO2. The molecule has 4 nitrogen and oxygen atoms in total. The first-order valence-corrected chi connectivity index (χ1v) is 6.43. The van der Waals surface area contributed by atoms with Crippen LogP contribution in [0.25, 0.3) is 0 Å². The minimum atomic E-state index is -0.768. The number of hydrogen-bond acceptors (Lipinski definition) is 4. The van der Waals surface area contributed by atoms with Gasteiger partial charge in [-0.2, -0.15) is 0 Å². The summed E-state index contributed by atoms with van der Waals surface area (Å²) < 4.78 is 16.3. The van der Waals surface area contributed by atoms with Crippen LogP contribution in [0.2, 0.25) is 0 Å². The number of aliphatic hydroxyl groups excluding tert-OH is 1. The Morgan fingerprint density at radius 3 is 2.67 bits per heavy atom. The first-order valence-electron chi connectivity index (χ1n) is 6.43. The molecule has 0 spiro atoms. The molecule has 100 valence electrons. The fourth-order valence-corrected chi connectivity index (χ4v) is 2.11. The maximum atomic E-state index is 10.3. The highest BCUT2D eigenvalue weighted by atomic mass is 16.7. The van der Waals surface area contributed by atoms with Crippen LogP contribution in [0.5, 0.6) is 5.75 Å². The minimum Gasteiger partial charge on any atom is -0.493 e. The maximum absolute atomic E-state index is 10.3. The number of benzene rings is 1. The molecule has 0 fully saturated rings. The van der Waals surface area contributed by atoms with Crippen LogP contribution in [0.1, 0.15) is 31.1 Å². The number of ether oxygens (including phenoxy) is 3. The van der Waals surface area contributed by atoms with Gasteiger partial charge in [-0.15, -0.1) is 0 Å². The second kappa shape index (κ2) is 6.18. The van der Waals surface area contributed by atoms with Crippen molar-refractivity contribution in [2.24, 2.45) is 0 Å². The standard InChI is InChI=1S/C14H20O4/c1-3-16-14(17-4-2)13(15)11-5-6-12-10(9-11)7-8-18-12/h5-6,9,13-15H,3-4,7-8H2,1-2H3. The van der Waals surface area contributed by atoms with Crippen LogP contribution in [-0.4, -0.2) is 31.2 Å². The van der Waals surface area contributed by atoms with Crippen molar-refractivity contribution in [2.75, 3.05) is 19.8 Å². The smallest absolute Gasteiger partial charge is 0.187 e. The van der Waals surface area contributed by atoms with Gasteiger partial charge in [0.25, 0.3) is 0 Å². The molecular formula is C14H20O4. The zero-order chi connectivity index (χ0) is 13.0. The van der Waals surface area contributed by atoms with Gasteiger partial charge in [-0.1, -0.05) is 6.07 Å². The highest BCUT2D eigenvalue weighted by molar-refractivity contribution is 5.40. The molecule has 1 aliphatic heterocycles. The Hall–Kier alpha value is -1.10. The van der Waals surface area contributed by atoms with Gasteiger partial charge in [-0.3, -0.25) is 0 Å². The lowest BCUT2D eigenvalue weighted by molar-refractivity contribution is -0.191. The second-order valence-electron chi connectivity index (χ2n) is 4.19. The van der Waals surface area contributed by atoms with Gasteiger partial charge in [0, 0.05) is 19.6 Å². The number of rotatable bonds is 6. The van der Waals surface area contributed by atoms with Gasteiger partial charge in [-0.05, 0) is 37.1 Å². The Morgan fingerprint density at radius 2 is 2.00 bits per heavy atom. The predicted molar refractivity (Wildman–Crippen MR) is 67.6 cm³/mol. The molecule has 1 unspecified atom stereocenters. The van der Waals surface area contributed by atoms with E-state index in [2.05, 4.69) is 0 Å². The summed E-state index contributed by atoms with van der Waals surface area (Å²) in [6, 6.07) is 5.73. The van der Waals surface area contributed by atoms with Crippen molar-refractivity contribution < 1.29 is 19.3 Å². The fraction of sp³-hybridized carbons (Fsp3) is 0.571. The Labute approximate surface area is 107 Å². The van der Waals surface area contributed by atoms with Gasteiger partial charge in [-0.25, -0.2) is 0 Å². The third kappa shape index (κ3) is 2.83. The van der Waals surface area contributed by atoms with Crippen molar-refractivity contribution in [3.05, 3.63) is 29.3 Å². The number of fused-ring (bicyclic) bond motifs is 1. The first kappa shape index (κ1) is 13.3. The lowest BCUT2D eigenvalue weighted by atomic mass is 10.0. The Balaban J connectivity index is 2.13. The molecule has 2 rings (SSSR count). The van der Waals surface area contributed by atoms with Crippen LogP contribution >= 0.6 is 0 Å². The van der Waals surface area contributed by atoms with E-state index in [0.29, 0.717) is 13.2 Å². The second-order valence-corrected chi connectivity index (χ2v) is 4.19. The lowest BCUT2D eigenvalue weighted by Crippen LogP contribution is -2.25. The molecule has 0 aliphatic carbocycles. The molecule has 1 aromatic rings. The average Bonchev–Trinajstić information content (AvgIpc) is 2.84. The summed E-state index contributed by atoms with van der Waals surface area (Å²) in [6.45, 7) is 5.51. The first-order chi connectivity index (χ1) is 8.76. The van der Waals surface area contributed by atoms with Gasteiger partial charge < -0.3 is 19.3 Å². The van der Waals surface area contributed by atoms with Gasteiger partial charge in [0.15, 0.2) is 6.29 Å². The summed E-state index contributed by atoms with van der Waals surface area (Å²) in [5.41, 5.74) is 1.95. The van der Waals surface area contributed by atoms with Crippen LogP contribution < -0.4 is 4.74 Å². The molecule has 0 aromatic heterocycles. The zero-order valence-electron chi connectivity index (χ0n) is 10.9. The van der Waals surface area contributed by atoms with E-state index in [9.17, 15) is 5.11 Å². The largest absolute Gasteiger partial charge is 0.493 e. The normalized spacial score (nSPS) is 15.6. The summed E-state index contributed by atoms with van der Waals surface area (Å²) in [6.07, 6.45) is -0.486. The monoisotopic (exact) mass is 252 g/mol. The summed E-state index contributed by atoms with van der Waals surface area (Å²) >= 11 is 0. The quantitative estimate of drug-likeness (QED) is 0.787. The average molecular weight is 252 g/mol. The van der Waals surface area contributed by atoms with Crippen molar-refractivity contribution in [1.82, 2.24) is 0 Å². The van der Waals surface area contributed by atoms with Gasteiger partial charge in [0.2, 0.25) is 0 Å². The van der Waals surface area contributed by atoms with E-state index < -0.39 is 12.4 Å². The lowest BCUT2D eigenvalue weighted by Gasteiger charge is -2.23. The summed E-state index contributed by atoms with van der Waals surface area (Å²) in [5, 5.41) is 10.3. The topological polar surface area (TPSA) is 47.9 Å². The van der Waals surface area contributed by atoms with E-state index in [0.717, 1.165) is 29.9 Å². The molecule has 0 saturated carbocycles. The van der Waals surface area contributed by atoms with E-state index >= 15 is 0 Å². The van der Waals surface area contributed by atoms with Crippen LogP contribution in [0.4, 0.5) is 0 Å². The van der Waals surface area contributed by atoms with Crippen molar-refractivity contribution in [3.8, 4) is 5.75 Å². The molecule has 0 radical (unpaired) electrons. The van der Waals surface area contributed by atoms with Gasteiger partial charge in [0.1, 0.15) is 11.9 Å². The Kier molecular flexibility index (Phi) is 4.58. The zero-order valence-corrected chi connectivity index (χ0v) is 10.9. The molecule has 0 bridgehead atoms. The molecule has 0 saturated heterocycles. The highest BCUT2D eigenvalue weighted by Gasteiger charge is 2.23. The molecule has 1 aromatic carbocycles. The minimum absolute atomic E-state index is 0.510. The molecule has 1 heterocycles. The van der Waals surface area contributed by atoms with E-state index in [1.165, 1.54) is 0 Å². The van der Waals surface area contributed by atoms with Crippen molar-refractivity contribution in [2.45, 2.75) is 32.7 Å². The van der Waals surface area contributed by atoms with Crippen molar-refractivity contribution in [3.63, 3.8) is 0 Å². The highest BCUT2D eigenvalue weighted by Crippen LogP contribution is 2.29. The van der Waals surface area contributed by atoms with E-state index in [4.69, 9.17) is 14.2 Å². The molecule has 1 aliphatic rings. The van der Waals surface area contributed by atoms with E-state index in [-0.39, 0.29) is 0 Å².